The quantitative estimate of drug-likeness (QED) is 0.860. The van der Waals surface area contributed by atoms with Crippen molar-refractivity contribution in [3.8, 4) is 0 Å². The van der Waals surface area contributed by atoms with E-state index in [0.717, 1.165) is 48.6 Å². The molecular formula is C18H22N4OS. The average molecular weight is 342 g/mol. The van der Waals surface area contributed by atoms with Crippen molar-refractivity contribution < 1.29 is 4.79 Å². The summed E-state index contributed by atoms with van der Waals surface area (Å²) in [6.45, 7) is 0.805. The van der Waals surface area contributed by atoms with Crippen molar-refractivity contribution in [3.05, 3.63) is 39.5 Å². The molecule has 1 amide bonds. The molecule has 1 aliphatic carbocycles. The Hall–Kier alpha value is -1.95. The van der Waals surface area contributed by atoms with Crippen molar-refractivity contribution in [1.82, 2.24) is 14.9 Å². The predicted octanol–water partition coefficient (Wildman–Crippen LogP) is 3.07. The van der Waals surface area contributed by atoms with Crippen molar-refractivity contribution in [1.29, 1.82) is 0 Å². The zero-order valence-electron chi connectivity index (χ0n) is 14.2. The van der Waals surface area contributed by atoms with Crippen molar-refractivity contribution in [2.45, 2.75) is 38.1 Å². The van der Waals surface area contributed by atoms with Gasteiger partial charge in [-0.15, -0.1) is 11.3 Å². The van der Waals surface area contributed by atoms with E-state index >= 15 is 0 Å². The molecule has 24 heavy (non-hydrogen) atoms. The average Bonchev–Trinajstić information content (AvgIpc) is 3.29. The lowest BCUT2D eigenvalue weighted by molar-refractivity contribution is 0.0737. The number of anilines is 1. The monoisotopic (exact) mass is 342 g/mol. The lowest BCUT2D eigenvalue weighted by Crippen LogP contribution is -2.30. The van der Waals surface area contributed by atoms with Gasteiger partial charge in [0.05, 0.1) is 29.0 Å². The number of likely N-dealkylation sites (tertiary alicyclic amines) is 1. The van der Waals surface area contributed by atoms with E-state index in [1.807, 2.05) is 23.9 Å². The second-order valence-corrected chi connectivity index (χ2v) is 7.90. The van der Waals surface area contributed by atoms with Gasteiger partial charge in [-0.25, -0.2) is 4.98 Å². The molecule has 0 aromatic carbocycles. The van der Waals surface area contributed by atoms with Crippen LogP contribution >= 0.6 is 11.3 Å². The summed E-state index contributed by atoms with van der Waals surface area (Å²) in [5.41, 5.74) is 2.28. The Morgan fingerprint density at radius 3 is 2.96 bits per heavy atom. The van der Waals surface area contributed by atoms with Gasteiger partial charge in [0.15, 0.2) is 0 Å². The van der Waals surface area contributed by atoms with Crippen LogP contribution in [0.3, 0.4) is 0 Å². The van der Waals surface area contributed by atoms with Crippen LogP contribution in [0.1, 0.15) is 51.1 Å². The molecule has 5 nitrogen and oxygen atoms in total. The number of hydrogen-bond donors (Lipinski definition) is 0. The van der Waals surface area contributed by atoms with E-state index in [9.17, 15) is 4.79 Å². The first-order valence-corrected chi connectivity index (χ1v) is 9.37. The molecule has 0 N–H and O–H groups in total. The number of nitrogens with zero attached hydrogens (tertiary/aromatic N) is 4. The van der Waals surface area contributed by atoms with Crippen molar-refractivity contribution in [3.63, 3.8) is 0 Å². The van der Waals surface area contributed by atoms with E-state index < -0.39 is 0 Å². The first-order chi connectivity index (χ1) is 11.6. The summed E-state index contributed by atoms with van der Waals surface area (Å²) >= 11 is 1.69. The molecule has 2 aromatic rings. The molecule has 6 heteroatoms. The molecule has 1 fully saturated rings. The largest absolute Gasteiger partial charge is 0.361 e. The topological polar surface area (TPSA) is 49.3 Å². The molecule has 0 unspecified atom stereocenters. The van der Waals surface area contributed by atoms with Gasteiger partial charge < -0.3 is 9.80 Å². The number of carbonyl (C=O) groups is 1. The fraction of sp³-hybridized carbons (Fsp3) is 0.500. The number of carbonyl (C=O) groups excluding carboxylic acids is 1. The van der Waals surface area contributed by atoms with Crippen molar-refractivity contribution in [2.24, 2.45) is 0 Å². The van der Waals surface area contributed by atoms with E-state index in [1.165, 1.54) is 16.9 Å². The van der Waals surface area contributed by atoms with Crippen LogP contribution in [0.5, 0.6) is 0 Å². The van der Waals surface area contributed by atoms with E-state index in [-0.39, 0.29) is 11.9 Å². The van der Waals surface area contributed by atoms with Crippen molar-refractivity contribution >= 4 is 23.1 Å². The van der Waals surface area contributed by atoms with Crippen LogP contribution in [0.15, 0.2) is 18.5 Å². The minimum absolute atomic E-state index is 0.0434. The van der Waals surface area contributed by atoms with Gasteiger partial charge >= 0.3 is 0 Å². The van der Waals surface area contributed by atoms with Gasteiger partial charge in [0, 0.05) is 25.5 Å². The summed E-state index contributed by atoms with van der Waals surface area (Å²) in [5, 5.41) is 0. The fourth-order valence-electron chi connectivity index (χ4n) is 3.64. The zero-order chi connectivity index (χ0) is 16.7. The molecule has 0 bridgehead atoms. The lowest BCUT2D eigenvalue weighted by Gasteiger charge is -2.24. The van der Waals surface area contributed by atoms with E-state index in [2.05, 4.69) is 11.1 Å². The van der Waals surface area contributed by atoms with Gasteiger partial charge in [0.1, 0.15) is 5.82 Å². The Bertz CT molecular complexity index is 749. The first-order valence-electron chi connectivity index (χ1n) is 8.55. The third kappa shape index (κ3) is 2.69. The summed E-state index contributed by atoms with van der Waals surface area (Å²) in [5.74, 6) is 0.996. The predicted molar refractivity (Wildman–Crippen MR) is 95.7 cm³/mol. The Balaban J connectivity index is 1.60. The summed E-state index contributed by atoms with van der Waals surface area (Å²) < 4.78 is 0. The van der Waals surface area contributed by atoms with Crippen LogP contribution in [0.4, 0.5) is 5.82 Å². The zero-order valence-corrected chi connectivity index (χ0v) is 15.0. The number of aromatic nitrogens is 2. The maximum atomic E-state index is 13.0. The normalized spacial score (nSPS) is 19.6. The molecule has 0 saturated carbocycles. The summed E-state index contributed by atoms with van der Waals surface area (Å²) in [6.07, 6.45) is 9.03. The second-order valence-electron chi connectivity index (χ2n) is 6.77. The van der Waals surface area contributed by atoms with Gasteiger partial charge in [-0.3, -0.25) is 9.78 Å². The van der Waals surface area contributed by atoms with Crippen LogP contribution in [-0.2, 0) is 12.8 Å². The highest BCUT2D eigenvalue weighted by molar-refractivity contribution is 7.14. The Morgan fingerprint density at radius 2 is 2.17 bits per heavy atom. The Morgan fingerprint density at radius 1 is 1.29 bits per heavy atom. The molecule has 4 rings (SSSR count). The summed E-state index contributed by atoms with van der Waals surface area (Å²) in [7, 11) is 3.91. The third-order valence-electron chi connectivity index (χ3n) is 4.91. The van der Waals surface area contributed by atoms with E-state index in [4.69, 9.17) is 4.98 Å². The molecule has 2 aliphatic rings. The molecule has 3 heterocycles. The minimum Gasteiger partial charge on any atom is -0.361 e. The Labute approximate surface area is 146 Å². The van der Waals surface area contributed by atoms with Gasteiger partial charge in [-0.05, 0) is 43.7 Å². The molecule has 1 saturated heterocycles. The molecule has 0 radical (unpaired) electrons. The standard InChI is InChI=1S/C18H22N4OS/c1-21(2)17-11-19-10-13(20-17)14-6-4-8-22(14)18(23)16-9-12-5-3-7-15(12)24-16/h9-11,14H,3-8H2,1-2H3/t14-/m1/s1. The number of thiophene rings is 1. The van der Waals surface area contributed by atoms with Crippen LogP contribution in [0.2, 0.25) is 0 Å². The number of fused-ring (bicyclic) bond motifs is 1. The van der Waals surface area contributed by atoms with E-state index in [0.29, 0.717) is 0 Å². The SMILES string of the molecule is CN(C)c1cncc([C@H]2CCCN2C(=O)c2cc3c(s2)CCC3)n1. The van der Waals surface area contributed by atoms with Crippen LogP contribution in [-0.4, -0.2) is 41.4 Å². The molecule has 0 spiro atoms. The molecule has 1 aliphatic heterocycles. The third-order valence-corrected chi connectivity index (χ3v) is 6.14. The number of rotatable bonds is 3. The van der Waals surface area contributed by atoms with Gasteiger partial charge in [-0.1, -0.05) is 0 Å². The summed E-state index contributed by atoms with van der Waals surface area (Å²) in [6, 6.07) is 2.16. The fourth-order valence-corrected chi connectivity index (χ4v) is 4.85. The number of aryl methyl sites for hydroxylation is 2. The number of hydrogen-bond acceptors (Lipinski definition) is 5. The summed E-state index contributed by atoms with van der Waals surface area (Å²) in [4.78, 5) is 28.3. The molecule has 126 valence electrons. The molecule has 2 aromatic heterocycles. The highest BCUT2D eigenvalue weighted by Crippen LogP contribution is 2.36. The van der Waals surface area contributed by atoms with Crippen LogP contribution < -0.4 is 4.90 Å². The van der Waals surface area contributed by atoms with Gasteiger partial charge in [0.2, 0.25) is 0 Å². The van der Waals surface area contributed by atoms with E-state index in [1.54, 1.807) is 23.7 Å². The Kier molecular flexibility index (Phi) is 4.00. The van der Waals surface area contributed by atoms with Crippen LogP contribution in [0, 0.1) is 0 Å². The van der Waals surface area contributed by atoms with Gasteiger partial charge in [-0.2, -0.15) is 0 Å². The lowest BCUT2D eigenvalue weighted by atomic mass is 10.1. The first kappa shape index (κ1) is 15.6. The van der Waals surface area contributed by atoms with Gasteiger partial charge in [0.25, 0.3) is 5.91 Å². The highest BCUT2D eigenvalue weighted by Gasteiger charge is 2.33. The molecular weight excluding hydrogens is 320 g/mol. The maximum Gasteiger partial charge on any atom is 0.264 e. The second kappa shape index (κ2) is 6.16. The number of amides is 1. The van der Waals surface area contributed by atoms with Crippen LogP contribution in [0.25, 0.3) is 0 Å². The smallest absolute Gasteiger partial charge is 0.264 e. The molecule has 1 atom stereocenters. The van der Waals surface area contributed by atoms with Crippen molar-refractivity contribution in [2.75, 3.05) is 25.5 Å². The highest BCUT2D eigenvalue weighted by atomic mass is 32.1. The minimum atomic E-state index is 0.0434. The maximum absolute atomic E-state index is 13.0.